The van der Waals surface area contributed by atoms with Gasteiger partial charge in [0, 0.05) is 0 Å². The van der Waals surface area contributed by atoms with Crippen LogP contribution in [-0.2, 0) is 0 Å². The number of carbonyl (C=O) groups is 1. The maximum Gasteiger partial charge on any atom is 0.256 e. The van der Waals surface area contributed by atoms with Crippen LogP contribution in [0.1, 0.15) is 10.4 Å². The number of aromatic hydroxyl groups is 1. The smallest absolute Gasteiger partial charge is 0.256 e. The monoisotopic (exact) mass is 232 g/mol. The maximum atomic E-state index is 11.1. The molecule has 0 saturated carbocycles. The van der Waals surface area contributed by atoms with Gasteiger partial charge in [-0.25, -0.2) is 0 Å². The number of phenols is 1. The molecule has 2 rings (SSSR count). The van der Waals surface area contributed by atoms with Crippen LogP contribution in [0.25, 0.3) is 11.1 Å². The molecule has 80 valence electrons. The van der Waals surface area contributed by atoms with E-state index < -0.39 is 5.24 Å². The molecule has 2 nitrogen and oxygen atoms in total. The van der Waals surface area contributed by atoms with Gasteiger partial charge in [-0.3, -0.25) is 4.79 Å². The molecule has 0 saturated heterocycles. The van der Waals surface area contributed by atoms with Crippen LogP contribution in [0.15, 0.2) is 48.5 Å². The molecule has 0 amide bonds. The standard InChI is InChI=1S/C13H9ClO2/c14-13(16)11-8-10(6-7-12(11)15)9-4-2-1-3-5-9/h1-8,15H. The molecular weight excluding hydrogens is 224 g/mol. The number of carbonyl (C=O) groups excluding carboxylic acids is 1. The second kappa shape index (κ2) is 4.37. The Morgan fingerprint density at radius 3 is 2.31 bits per heavy atom. The summed E-state index contributed by atoms with van der Waals surface area (Å²) < 4.78 is 0. The van der Waals surface area contributed by atoms with Gasteiger partial charge in [0.15, 0.2) is 0 Å². The number of halogens is 1. The predicted octanol–water partition coefficient (Wildman–Crippen LogP) is 3.44. The third kappa shape index (κ3) is 2.07. The molecule has 0 atom stereocenters. The Balaban J connectivity index is 2.52. The highest BCUT2D eigenvalue weighted by Crippen LogP contribution is 2.26. The van der Waals surface area contributed by atoms with Gasteiger partial charge in [-0.1, -0.05) is 36.4 Å². The molecule has 2 aromatic carbocycles. The topological polar surface area (TPSA) is 37.3 Å². The van der Waals surface area contributed by atoms with Crippen molar-refractivity contribution in [2.45, 2.75) is 0 Å². The van der Waals surface area contributed by atoms with Gasteiger partial charge in [0.25, 0.3) is 5.24 Å². The van der Waals surface area contributed by atoms with Gasteiger partial charge in [-0.2, -0.15) is 0 Å². The van der Waals surface area contributed by atoms with Crippen LogP contribution in [0.3, 0.4) is 0 Å². The lowest BCUT2D eigenvalue weighted by Gasteiger charge is -2.04. The minimum Gasteiger partial charge on any atom is -0.507 e. The molecule has 3 heteroatoms. The Labute approximate surface area is 98.1 Å². The van der Waals surface area contributed by atoms with Crippen molar-refractivity contribution in [1.29, 1.82) is 0 Å². The van der Waals surface area contributed by atoms with E-state index in [4.69, 9.17) is 11.6 Å². The van der Waals surface area contributed by atoms with Crippen LogP contribution in [-0.4, -0.2) is 10.3 Å². The van der Waals surface area contributed by atoms with E-state index in [0.717, 1.165) is 11.1 Å². The van der Waals surface area contributed by atoms with Crippen LogP contribution in [0.5, 0.6) is 5.75 Å². The number of benzene rings is 2. The maximum absolute atomic E-state index is 11.1. The highest BCUT2D eigenvalue weighted by molar-refractivity contribution is 6.68. The number of hydrogen-bond donors (Lipinski definition) is 1. The van der Waals surface area contributed by atoms with Gasteiger partial charge in [-0.05, 0) is 34.9 Å². The first kappa shape index (κ1) is 10.7. The molecule has 0 aliphatic heterocycles. The highest BCUT2D eigenvalue weighted by atomic mass is 35.5. The lowest BCUT2D eigenvalue weighted by Crippen LogP contribution is -1.90. The Kier molecular flexibility index (Phi) is 2.93. The summed E-state index contributed by atoms with van der Waals surface area (Å²) in [6.45, 7) is 0. The fraction of sp³-hybridized carbons (Fsp3) is 0. The molecule has 0 heterocycles. The molecule has 0 spiro atoms. The molecule has 0 unspecified atom stereocenters. The van der Waals surface area contributed by atoms with Crippen LogP contribution in [0.4, 0.5) is 0 Å². The lowest BCUT2D eigenvalue weighted by molar-refractivity contribution is 0.107. The van der Waals surface area contributed by atoms with E-state index in [2.05, 4.69) is 0 Å². The molecule has 16 heavy (non-hydrogen) atoms. The molecule has 0 aliphatic carbocycles. The molecule has 0 radical (unpaired) electrons. The molecule has 1 N–H and O–H groups in total. The third-order valence-corrected chi connectivity index (χ3v) is 2.52. The second-order valence-corrected chi connectivity index (χ2v) is 3.71. The zero-order valence-corrected chi connectivity index (χ0v) is 9.11. The fourth-order valence-corrected chi connectivity index (χ4v) is 1.66. The summed E-state index contributed by atoms with van der Waals surface area (Å²) in [6.07, 6.45) is 0. The molecule has 2 aromatic rings. The molecular formula is C13H9ClO2. The molecule has 0 fully saturated rings. The molecule has 0 aliphatic rings. The predicted molar refractivity (Wildman–Crippen MR) is 63.7 cm³/mol. The summed E-state index contributed by atoms with van der Waals surface area (Å²) >= 11 is 5.37. The van der Waals surface area contributed by atoms with Crippen molar-refractivity contribution in [2.75, 3.05) is 0 Å². The van der Waals surface area contributed by atoms with Crippen molar-refractivity contribution in [3.05, 3.63) is 54.1 Å². The zero-order valence-electron chi connectivity index (χ0n) is 8.35. The zero-order chi connectivity index (χ0) is 11.5. The number of phenolic OH excluding ortho intramolecular Hbond substituents is 1. The Hall–Kier alpha value is -1.80. The quantitative estimate of drug-likeness (QED) is 0.806. The molecule has 0 aromatic heterocycles. The van der Waals surface area contributed by atoms with E-state index in [1.54, 1.807) is 12.1 Å². The Morgan fingerprint density at radius 1 is 1.00 bits per heavy atom. The van der Waals surface area contributed by atoms with Crippen molar-refractivity contribution in [1.82, 2.24) is 0 Å². The summed E-state index contributed by atoms with van der Waals surface area (Å²) in [5, 5.41) is 8.79. The second-order valence-electron chi connectivity index (χ2n) is 3.37. The fourth-order valence-electron chi connectivity index (χ4n) is 1.50. The van der Waals surface area contributed by atoms with Gasteiger partial charge in [0.05, 0.1) is 5.56 Å². The van der Waals surface area contributed by atoms with E-state index in [1.165, 1.54) is 6.07 Å². The van der Waals surface area contributed by atoms with Crippen molar-refractivity contribution in [3.63, 3.8) is 0 Å². The van der Waals surface area contributed by atoms with Gasteiger partial charge in [0.1, 0.15) is 5.75 Å². The average molecular weight is 233 g/mol. The molecule has 0 bridgehead atoms. The highest BCUT2D eigenvalue weighted by Gasteiger charge is 2.09. The minimum atomic E-state index is -0.657. The minimum absolute atomic E-state index is 0.0975. The SMILES string of the molecule is O=C(Cl)c1cc(-c2ccccc2)ccc1O. The summed E-state index contributed by atoms with van der Waals surface area (Å²) in [4.78, 5) is 11.1. The van der Waals surface area contributed by atoms with Crippen molar-refractivity contribution < 1.29 is 9.90 Å². The summed E-state index contributed by atoms with van der Waals surface area (Å²) in [5.41, 5.74) is 1.95. The first-order chi connectivity index (χ1) is 7.68. The average Bonchev–Trinajstić information content (AvgIpc) is 2.30. The van der Waals surface area contributed by atoms with E-state index >= 15 is 0 Å². The third-order valence-electron chi connectivity index (χ3n) is 2.32. The summed E-state index contributed by atoms with van der Waals surface area (Å²) in [7, 11) is 0. The van der Waals surface area contributed by atoms with Gasteiger partial charge < -0.3 is 5.11 Å². The Morgan fingerprint density at radius 2 is 1.69 bits per heavy atom. The Bertz CT molecular complexity index is 521. The van der Waals surface area contributed by atoms with Gasteiger partial charge in [-0.15, -0.1) is 0 Å². The van der Waals surface area contributed by atoms with Crippen molar-refractivity contribution in [3.8, 4) is 16.9 Å². The van der Waals surface area contributed by atoms with Gasteiger partial charge >= 0.3 is 0 Å². The lowest BCUT2D eigenvalue weighted by atomic mass is 10.0. The van der Waals surface area contributed by atoms with Crippen LogP contribution >= 0.6 is 11.6 Å². The van der Waals surface area contributed by atoms with Crippen LogP contribution in [0.2, 0.25) is 0 Å². The van der Waals surface area contributed by atoms with Crippen LogP contribution < -0.4 is 0 Å². The van der Waals surface area contributed by atoms with E-state index in [9.17, 15) is 9.90 Å². The van der Waals surface area contributed by atoms with Crippen molar-refractivity contribution >= 4 is 16.8 Å². The van der Waals surface area contributed by atoms with E-state index in [1.807, 2.05) is 30.3 Å². The number of rotatable bonds is 2. The first-order valence-electron chi connectivity index (χ1n) is 4.77. The number of hydrogen-bond acceptors (Lipinski definition) is 2. The largest absolute Gasteiger partial charge is 0.507 e. The van der Waals surface area contributed by atoms with Crippen molar-refractivity contribution in [2.24, 2.45) is 0 Å². The summed E-state index contributed by atoms with van der Waals surface area (Å²) in [6, 6.07) is 14.4. The van der Waals surface area contributed by atoms with E-state index in [-0.39, 0.29) is 11.3 Å². The van der Waals surface area contributed by atoms with E-state index in [0.29, 0.717) is 0 Å². The first-order valence-corrected chi connectivity index (χ1v) is 5.14. The normalized spacial score (nSPS) is 10.1. The van der Waals surface area contributed by atoms with Gasteiger partial charge in [0.2, 0.25) is 0 Å². The van der Waals surface area contributed by atoms with Crippen LogP contribution in [0, 0.1) is 0 Å². The summed E-state index contributed by atoms with van der Waals surface area (Å²) in [5.74, 6) is -0.0975.